The van der Waals surface area contributed by atoms with Gasteiger partial charge in [-0.05, 0) is 37.3 Å². The third kappa shape index (κ3) is 2.98. The van der Waals surface area contributed by atoms with Gasteiger partial charge in [0.25, 0.3) is 0 Å². The number of rotatable bonds is 3. The van der Waals surface area contributed by atoms with Crippen molar-refractivity contribution in [2.75, 3.05) is 18.1 Å². The maximum Gasteiger partial charge on any atom is 0.246 e. The summed E-state index contributed by atoms with van der Waals surface area (Å²) in [5, 5.41) is 9.26. The Bertz CT molecular complexity index is 600. The van der Waals surface area contributed by atoms with Crippen LogP contribution in [-0.4, -0.2) is 47.1 Å². The highest BCUT2D eigenvalue weighted by molar-refractivity contribution is 6.02. The molecular formula is C18H24N2O3. The maximum absolute atomic E-state index is 13.1. The summed E-state index contributed by atoms with van der Waals surface area (Å²) >= 11 is 0. The van der Waals surface area contributed by atoms with Crippen LogP contribution in [0.15, 0.2) is 24.3 Å². The van der Waals surface area contributed by atoms with E-state index in [9.17, 15) is 14.7 Å². The van der Waals surface area contributed by atoms with E-state index in [1.165, 1.54) is 6.92 Å². The molecule has 2 amide bonds. The Balaban J connectivity index is 1.85. The van der Waals surface area contributed by atoms with E-state index in [1.807, 2.05) is 29.2 Å². The topological polar surface area (TPSA) is 60.9 Å². The van der Waals surface area contributed by atoms with Gasteiger partial charge in [-0.25, -0.2) is 0 Å². The molecule has 1 aromatic carbocycles. The van der Waals surface area contributed by atoms with E-state index in [4.69, 9.17) is 0 Å². The first-order valence-corrected chi connectivity index (χ1v) is 8.42. The maximum atomic E-state index is 13.1. The summed E-state index contributed by atoms with van der Waals surface area (Å²) in [6, 6.07) is 7.39. The lowest BCUT2D eigenvalue weighted by Crippen LogP contribution is -2.53. The number of piperidine rings is 1. The Morgan fingerprint density at radius 1 is 1.26 bits per heavy atom. The zero-order valence-corrected chi connectivity index (χ0v) is 13.6. The number of amides is 2. The molecule has 2 heterocycles. The van der Waals surface area contributed by atoms with Crippen LogP contribution in [0.3, 0.4) is 0 Å². The molecule has 0 saturated carbocycles. The number of anilines is 1. The van der Waals surface area contributed by atoms with Crippen LogP contribution in [0.2, 0.25) is 0 Å². The number of aliphatic hydroxyl groups is 1. The van der Waals surface area contributed by atoms with Crippen molar-refractivity contribution in [3.05, 3.63) is 29.8 Å². The van der Waals surface area contributed by atoms with Crippen molar-refractivity contribution in [1.82, 2.24) is 4.90 Å². The monoisotopic (exact) mass is 316 g/mol. The van der Waals surface area contributed by atoms with Gasteiger partial charge in [-0.3, -0.25) is 14.5 Å². The highest BCUT2D eigenvalue weighted by Crippen LogP contribution is 2.34. The normalized spacial score (nSPS) is 23.7. The number of carbonyl (C=O) groups excluding carboxylic acids is 2. The molecule has 0 radical (unpaired) electrons. The number of nitrogens with zero attached hydrogens (tertiary/aromatic N) is 2. The van der Waals surface area contributed by atoms with Crippen LogP contribution in [0.1, 0.15) is 38.2 Å². The average molecular weight is 316 g/mol. The molecule has 124 valence electrons. The Kier molecular flexibility index (Phi) is 4.66. The van der Waals surface area contributed by atoms with Gasteiger partial charge in [0, 0.05) is 38.2 Å². The minimum atomic E-state index is -0.441. The molecule has 0 aliphatic carbocycles. The van der Waals surface area contributed by atoms with Crippen molar-refractivity contribution >= 4 is 17.5 Å². The second kappa shape index (κ2) is 6.71. The summed E-state index contributed by atoms with van der Waals surface area (Å²) in [5.41, 5.74) is 1.91. The van der Waals surface area contributed by atoms with Gasteiger partial charge in [0.05, 0.1) is 0 Å². The fraction of sp³-hybridized carbons (Fsp3) is 0.556. The molecule has 0 aromatic heterocycles. The highest BCUT2D eigenvalue weighted by Gasteiger charge is 2.40. The van der Waals surface area contributed by atoms with Gasteiger partial charge in [-0.1, -0.05) is 18.2 Å². The van der Waals surface area contributed by atoms with E-state index in [0.717, 1.165) is 37.1 Å². The number of hydrogen-bond donors (Lipinski definition) is 1. The molecule has 2 atom stereocenters. The van der Waals surface area contributed by atoms with Crippen molar-refractivity contribution in [3.8, 4) is 0 Å². The number of hydrogen-bond acceptors (Lipinski definition) is 3. The van der Waals surface area contributed by atoms with Gasteiger partial charge in [-0.2, -0.15) is 0 Å². The lowest BCUT2D eigenvalue weighted by Gasteiger charge is -2.38. The summed E-state index contributed by atoms with van der Waals surface area (Å²) in [6.07, 6.45) is 4.22. The summed E-state index contributed by atoms with van der Waals surface area (Å²) < 4.78 is 0. The molecule has 23 heavy (non-hydrogen) atoms. The van der Waals surface area contributed by atoms with E-state index in [2.05, 4.69) is 0 Å². The number of carbonyl (C=O) groups is 2. The predicted molar refractivity (Wildman–Crippen MR) is 88.1 cm³/mol. The van der Waals surface area contributed by atoms with Crippen molar-refractivity contribution in [3.63, 3.8) is 0 Å². The van der Waals surface area contributed by atoms with E-state index in [0.29, 0.717) is 12.8 Å². The second-order valence-electron chi connectivity index (χ2n) is 6.43. The van der Waals surface area contributed by atoms with Crippen LogP contribution in [-0.2, 0) is 16.0 Å². The zero-order valence-electron chi connectivity index (χ0n) is 13.6. The van der Waals surface area contributed by atoms with Gasteiger partial charge in [0.2, 0.25) is 11.8 Å². The molecule has 1 N–H and O–H groups in total. The molecule has 3 rings (SSSR count). The number of benzene rings is 1. The molecule has 2 aliphatic rings. The second-order valence-corrected chi connectivity index (χ2v) is 6.43. The zero-order chi connectivity index (χ0) is 16.4. The Hall–Kier alpha value is -1.88. The summed E-state index contributed by atoms with van der Waals surface area (Å²) in [4.78, 5) is 28.8. The van der Waals surface area contributed by atoms with Crippen molar-refractivity contribution in [1.29, 1.82) is 0 Å². The Labute approximate surface area is 136 Å². The number of aliphatic hydroxyl groups excluding tert-OH is 1. The third-order valence-electron chi connectivity index (χ3n) is 4.97. The summed E-state index contributed by atoms with van der Waals surface area (Å²) in [6.45, 7) is 2.33. The SMILES string of the molecule is CC(=O)N1c2ccccc2C[C@H]1C(=O)N1CCCCC1CCO. The molecule has 1 unspecified atom stereocenters. The van der Waals surface area contributed by atoms with Crippen molar-refractivity contribution in [2.45, 2.75) is 51.1 Å². The van der Waals surface area contributed by atoms with Crippen LogP contribution < -0.4 is 4.90 Å². The van der Waals surface area contributed by atoms with Crippen LogP contribution in [0.5, 0.6) is 0 Å². The fourth-order valence-electron chi connectivity index (χ4n) is 3.90. The Morgan fingerprint density at radius 3 is 2.78 bits per heavy atom. The molecule has 5 heteroatoms. The highest BCUT2D eigenvalue weighted by atomic mass is 16.3. The Morgan fingerprint density at radius 2 is 2.04 bits per heavy atom. The first-order chi connectivity index (χ1) is 11.1. The van der Waals surface area contributed by atoms with Crippen LogP contribution in [0, 0.1) is 0 Å². The van der Waals surface area contributed by atoms with Gasteiger partial charge < -0.3 is 10.0 Å². The predicted octanol–water partition coefficient (Wildman–Crippen LogP) is 1.73. The molecular weight excluding hydrogens is 292 g/mol. The largest absolute Gasteiger partial charge is 0.396 e. The molecule has 0 spiro atoms. The summed E-state index contributed by atoms with van der Waals surface area (Å²) in [7, 11) is 0. The van der Waals surface area contributed by atoms with Gasteiger partial charge >= 0.3 is 0 Å². The van der Waals surface area contributed by atoms with E-state index >= 15 is 0 Å². The minimum absolute atomic E-state index is 0.0227. The smallest absolute Gasteiger partial charge is 0.246 e. The molecule has 1 saturated heterocycles. The van der Waals surface area contributed by atoms with Gasteiger partial charge in [-0.15, -0.1) is 0 Å². The van der Waals surface area contributed by atoms with Crippen LogP contribution in [0.4, 0.5) is 5.69 Å². The first-order valence-electron chi connectivity index (χ1n) is 8.42. The molecule has 0 bridgehead atoms. The number of likely N-dealkylation sites (tertiary alicyclic amines) is 1. The third-order valence-corrected chi connectivity index (χ3v) is 4.97. The quantitative estimate of drug-likeness (QED) is 0.924. The number of para-hydroxylation sites is 1. The van der Waals surface area contributed by atoms with E-state index < -0.39 is 6.04 Å². The fourth-order valence-corrected chi connectivity index (χ4v) is 3.90. The van der Waals surface area contributed by atoms with Crippen molar-refractivity contribution in [2.24, 2.45) is 0 Å². The minimum Gasteiger partial charge on any atom is -0.396 e. The average Bonchev–Trinajstić information content (AvgIpc) is 2.94. The summed E-state index contributed by atoms with van der Waals surface area (Å²) in [5.74, 6) is -0.0708. The standard InChI is InChI=1S/C18H24N2O3/c1-13(22)20-16-8-3-2-6-14(16)12-17(20)18(23)19-10-5-4-7-15(19)9-11-21/h2-3,6,8,15,17,21H,4-5,7,9-12H2,1H3/t15?,17-/m0/s1. The molecule has 1 fully saturated rings. The van der Waals surface area contributed by atoms with Gasteiger partial charge in [0.15, 0.2) is 0 Å². The van der Waals surface area contributed by atoms with Crippen LogP contribution in [0.25, 0.3) is 0 Å². The lowest BCUT2D eigenvalue weighted by molar-refractivity contribution is -0.137. The van der Waals surface area contributed by atoms with E-state index in [-0.39, 0.29) is 24.5 Å². The first kappa shape index (κ1) is 16.0. The molecule has 2 aliphatic heterocycles. The van der Waals surface area contributed by atoms with Crippen molar-refractivity contribution < 1.29 is 14.7 Å². The number of fused-ring (bicyclic) bond motifs is 1. The van der Waals surface area contributed by atoms with Crippen LogP contribution >= 0.6 is 0 Å². The molecule has 1 aromatic rings. The molecule has 5 nitrogen and oxygen atoms in total. The van der Waals surface area contributed by atoms with Gasteiger partial charge in [0.1, 0.15) is 6.04 Å². The van der Waals surface area contributed by atoms with E-state index in [1.54, 1.807) is 4.90 Å². The lowest BCUT2D eigenvalue weighted by atomic mass is 9.98.